The topological polar surface area (TPSA) is 18.5 Å². The van der Waals surface area contributed by atoms with E-state index < -0.39 is 0 Å². The standard InChI is InChI=1S/C12H18O2/c1-10(2)11-6-4-5-7-12(11)14-9-8-13-3/h4-7,10H,8-9H2,1-3H3. The molecule has 0 fully saturated rings. The fraction of sp³-hybridized carbons (Fsp3) is 0.500. The Morgan fingerprint density at radius 2 is 1.86 bits per heavy atom. The molecule has 0 bridgehead atoms. The summed E-state index contributed by atoms with van der Waals surface area (Å²) in [5.41, 5.74) is 1.25. The SMILES string of the molecule is COCCOc1ccccc1C(C)C. The molecule has 0 saturated carbocycles. The Morgan fingerprint density at radius 3 is 2.50 bits per heavy atom. The van der Waals surface area contributed by atoms with Crippen LogP contribution in [0.4, 0.5) is 0 Å². The number of hydrogen-bond donors (Lipinski definition) is 0. The van der Waals surface area contributed by atoms with Crippen molar-refractivity contribution in [2.45, 2.75) is 19.8 Å². The number of para-hydroxylation sites is 1. The van der Waals surface area contributed by atoms with E-state index in [1.165, 1.54) is 5.56 Å². The molecular formula is C12H18O2. The van der Waals surface area contributed by atoms with E-state index in [-0.39, 0.29) is 0 Å². The summed E-state index contributed by atoms with van der Waals surface area (Å²) in [6.07, 6.45) is 0. The zero-order valence-electron chi connectivity index (χ0n) is 9.12. The fourth-order valence-electron chi connectivity index (χ4n) is 1.32. The lowest BCUT2D eigenvalue weighted by atomic mass is 10.0. The van der Waals surface area contributed by atoms with Crippen LogP contribution in [0.25, 0.3) is 0 Å². The molecule has 0 saturated heterocycles. The summed E-state index contributed by atoms with van der Waals surface area (Å²) in [5.74, 6) is 1.47. The van der Waals surface area contributed by atoms with Gasteiger partial charge in [-0.2, -0.15) is 0 Å². The first-order valence-corrected chi connectivity index (χ1v) is 4.96. The van der Waals surface area contributed by atoms with Crippen molar-refractivity contribution in [2.75, 3.05) is 20.3 Å². The lowest BCUT2D eigenvalue weighted by Crippen LogP contribution is -2.06. The van der Waals surface area contributed by atoms with Crippen molar-refractivity contribution in [1.82, 2.24) is 0 Å². The van der Waals surface area contributed by atoms with Crippen molar-refractivity contribution >= 4 is 0 Å². The minimum Gasteiger partial charge on any atom is -0.491 e. The van der Waals surface area contributed by atoms with Crippen LogP contribution in [0.15, 0.2) is 24.3 Å². The molecule has 14 heavy (non-hydrogen) atoms. The van der Waals surface area contributed by atoms with Crippen LogP contribution in [0.5, 0.6) is 5.75 Å². The summed E-state index contributed by atoms with van der Waals surface area (Å²) < 4.78 is 10.6. The molecule has 0 heterocycles. The van der Waals surface area contributed by atoms with Crippen LogP contribution in [0.1, 0.15) is 25.3 Å². The molecule has 0 spiro atoms. The minimum absolute atomic E-state index is 0.494. The van der Waals surface area contributed by atoms with Crippen molar-refractivity contribution in [3.8, 4) is 5.75 Å². The van der Waals surface area contributed by atoms with Crippen LogP contribution in [0.2, 0.25) is 0 Å². The van der Waals surface area contributed by atoms with Crippen molar-refractivity contribution < 1.29 is 9.47 Å². The van der Waals surface area contributed by atoms with Gasteiger partial charge < -0.3 is 9.47 Å². The van der Waals surface area contributed by atoms with Gasteiger partial charge in [0.15, 0.2) is 0 Å². The van der Waals surface area contributed by atoms with E-state index in [0.29, 0.717) is 19.1 Å². The maximum absolute atomic E-state index is 5.61. The second-order valence-electron chi connectivity index (χ2n) is 3.53. The van der Waals surface area contributed by atoms with Gasteiger partial charge in [-0.25, -0.2) is 0 Å². The Labute approximate surface area is 85.8 Å². The monoisotopic (exact) mass is 194 g/mol. The van der Waals surface area contributed by atoms with E-state index in [2.05, 4.69) is 19.9 Å². The van der Waals surface area contributed by atoms with Gasteiger partial charge in [0.2, 0.25) is 0 Å². The fourth-order valence-corrected chi connectivity index (χ4v) is 1.32. The van der Waals surface area contributed by atoms with Gasteiger partial charge in [0.25, 0.3) is 0 Å². The van der Waals surface area contributed by atoms with E-state index >= 15 is 0 Å². The van der Waals surface area contributed by atoms with Gasteiger partial charge in [-0.05, 0) is 17.5 Å². The summed E-state index contributed by atoms with van der Waals surface area (Å²) in [7, 11) is 1.68. The van der Waals surface area contributed by atoms with E-state index in [0.717, 1.165) is 5.75 Å². The molecule has 2 heteroatoms. The summed E-state index contributed by atoms with van der Waals surface area (Å²) in [5, 5.41) is 0. The molecule has 1 aromatic rings. The highest BCUT2D eigenvalue weighted by Crippen LogP contribution is 2.25. The van der Waals surface area contributed by atoms with Gasteiger partial charge in [0, 0.05) is 7.11 Å². The zero-order valence-corrected chi connectivity index (χ0v) is 9.12. The van der Waals surface area contributed by atoms with Crippen LogP contribution in [-0.4, -0.2) is 20.3 Å². The average molecular weight is 194 g/mol. The molecular weight excluding hydrogens is 176 g/mol. The molecule has 0 aliphatic carbocycles. The highest BCUT2D eigenvalue weighted by Gasteiger charge is 2.05. The number of hydrogen-bond acceptors (Lipinski definition) is 2. The first kappa shape index (κ1) is 11.1. The van der Waals surface area contributed by atoms with E-state index in [1.807, 2.05) is 18.2 Å². The lowest BCUT2D eigenvalue weighted by Gasteiger charge is -2.13. The maximum Gasteiger partial charge on any atom is 0.122 e. The second-order valence-corrected chi connectivity index (χ2v) is 3.53. The van der Waals surface area contributed by atoms with Crippen molar-refractivity contribution in [3.63, 3.8) is 0 Å². The van der Waals surface area contributed by atoms with E-state index in [4.69, 9.17) is 9.47 Å². The van der Waals surface area contributed by atoms with Crippen molar-refractivity contribution in [1.29, 1.82) is 0 Å². The number of benzene rings is 1. The van der Waals surface area contributed by atoms with Crippen molar-refractivity contribution in [3.05, 3.63) is 29.8 Å². The third-order valence-corrected chi connectivity index (χ3v) is 2.09. The number of ether oxygens (including phenoxy) is 2. The van der Waals surface area contributed by atoms with Gasteiger partial charge in [-0.3, -0.25) is 0 Å². The van der Waals surface area contributed by atoms with Crippen molar-refractivity contribution in [2.24, 2.45) is 0 Å². The summed E-state index contributed by atoms with van der Waals surface area (Å²) in [4.78, 5) is 0. The Balaban J connectivity index is 2.64. The molecule has 0 aliphatic heterocycles. The normalized spacial score (nSPS) is 10.6. The van der Waals surface area contributed by atoms with Crippen LogP contribution in [0, 0.1) is 0 Å². The quantitative estimate of drug-likeness (QED) is 0.671. The van der Waals surface area contributed by atoms with Crippen LogP contribution >= 0.6 is 0 Å². The Bertz CT molecular complexity index is 269. The average Bonchev–Trinajstić information content (AvgIpc) is 2.19. The highest BCUT2D eigenvalue weighted by atomic mass is 16.5. The van der Waals surface area contributed by atoms with Gasteiger partial charge in [0.1, 0.15) is 12.4 Å². The predicted molar refractivity (Wildman–Crippen MR) is 57.9 cm³/mol. The van der Waals surface area contributed by atoms with Gasteiger partial charge in [-0.1, -0.05) is 32.0 Å². The second kappa shape index (κ2) is 5.66. The summed E-state index contributed by atoms with van der Waals surface area (Å²) in [6, 6.07) is 8.14. The molecule has 0 radical (unpaired) electrons. The molecule has 78 valence electrons. The largest absolute Gasteiger partial charge is 0.491 e. The molecule has 0 aromatic heterocycles. The smallest absolute Gasteiger partial charge is 0.122 e. The Morgan fingerprint density at radius 1 is 1.14 bits per heavy atom. The third-order valence-electron chi connectivity index (χ3n) is 2.09. The Kier molecular flexibility index (Phi) is 4.47. The third kappa shape index (κ3) is 3.04. The first-order valence-electron chi connectivity index (χ1n) is 4.96. The van der Waals surface area contributed by atoms with Gasteiger partial charge >= 0.3 is 0 Å². The summed E-state index contributed by atoms with van der Waals surface area (Å²) in [6.45, 7) is 5.57. The lowest BCUT2D eigenvalue weighted by molar-refractivity contribution is 0.145. The predicted octanol–water partition coefficient (Wildman–Crippen LogP) is 2.84. The highest BCUT2D eigenvalue weighted by molar-refractivity contribution is 5.35. The maximum atomic E-state index is 5.61. The van der Waals surface area contributed by atoms with E-state index in [1.54, 1.807) is 7.11 Å². The van der Waals surface area contributed by atoms with Gasteiger partial charge in [-0.15, -0.1) is 0 Å². The molecule has 1 aromatic carbocycles. The van der Waals surface area contributed by atoms with Crippen LogP contribution in [0.3, 0.4) is 0 Å². The Hall–Kier alpha value is -1.02. The van der Waals surface area contributed by atoms with E-state index in [9.17, 15) is 0 Å². The molecule has 0 aliphatic rings. The van der Waals surface area contributed by atoms with Gasteiger partial charge in [0.05, 0.1) is 6.61 Å². The van der Waals surface area contributed by atoms with Crippen LogP contribution in [-0.2, 0) is 4.74 Å². The number of rotatable bonds is 5. The molecule has 2 nitrogen and oxygen atoms in total. The number of methoxy groups -OCH3 is 1. The molecule has 0 amide bonds. The molecule has 1 rings (SSSR count). The summed E-state index contributed by atoms with van der Waals surface area (Å²) >= 11 is 0. The first-order chi connectivity index (χ1) is 6.75. The molecule has 0 N–H and O–H groups in total. The van der Waals surface area contributed by atoms with Crippen LogP contribution < -0.4 is 4.74 Å². The molecule has 0 atom stereocenters. The minimum atomic E-state index is 0.494. The zero-order chi connectivity index (χ0) is 10.4. The molecule has 0 unspecified atom stereocenters.